The van der Waals surface area contributed by atoms with Crippen molar-refractivity contribution in [2.24, 2.45) is 35.0 Å². The third-order valence-electron chi connectivity index (χ3n) is 11.9. The molecule has 6 fully saturated rings. The van der Waals surface area contributed by atoms with Crippen molar-refractivity contribution in [2.45, 2.75) is 103 Å². The van der Waals surface area contributed by atoms with Crippen molar-refractivity contribution in [3.8, 4) is 5.88 Å². The Morgan fingerprint density at radius 2 is 1.76 bits per heavy atom. The van der Waals surface area contributed by atoms with Gasteiger partial charge in [-0.05, 0) is 101 Å². The van der Waals surface area contributed by atoms with Gasteiger partial charge in [0.15, 0.2) is 0 Å². The molecule has 6 unspecified atom stereocenters. The minimum absolute atomic E-state index is 0.0694. The molecule has 11 nitrogen and oxygen atoms in total. The molecule has 6 atom stereocenters. The molecule has 2 heterocycles. The number of carbonyl (C=O) groups excluding carboxylic acids is 3. The number of amides is 4. The largest absolute Gasteiger partial charge is 0.477 e. The van der Waals surface area contributed by atoms with Crippen LogP contribution in [0.1, 0.15) is 95.3 Å². The average molecular weight is 625 g/mol. The Morgan fingerprint density at radius 1 is 1.00 bits per heavy atom. The lowest BCUT2D eigenvalue weighted by atomic mass is 9.55. The van der Waals surface area contributed by atoms with Gasteiger partial charge in [-0.3, -0.25) is 4.79 Å². The van der Waals surface area contributed by atoms with E-state index < -0.39 is 5.60 Å². The van der Waals surface area contributed by atoms with Crippen LogP contribution < -0.4 is 15.4 Å². The van der Waals surface area contributed by atoms with E-state index in [1.165, 1.54) is 51.4 Å². The van der Waals surface area contributed by atoms with Gasteiger partial charge >= 0.3 is 12.1 Å². The molecule has 4 amide bonds. The van der Waals surface area contributed by atoms with Crippen LogP contribution in [-0.2, 0) is 11.3 Å². The number of ether oxygens (including phenoxy) is 2. The predicted molar refractivity (Wildman–Crippen MR) is 168 cm³/mol. The maximum atomic E-state index is 13.8. The van der Waals surface area contributed by atoms with Gasteiger partial charge in [0, 0.05) is 38.8 Å². The molecule has 5 saturated carbocycles. The van der Waals surface area contributed by atoms with Crippen molar-refractivity contribution >= 4 is 18.0 Å². The zero-order valence-electron chi connectivity index (χ0n) is 27.4. The smallest absolute Gasteiger partial charge is 0.410 e. The standard InChI is InChI=1S/C34H52N6O5/c1-33(2,3)45-32(43)39-13-11-38(12-14-39)31(42)35-9-10-40-30(44-21-22-7-5-4-6-8-22)26(20-36-40)29(41)37-28-24-15-23-16-25-17-27(28)34(25,18-23)19-24/h20,22-25,27-28H,4-19,21H2,1-3H3,(H,35,42)(H,37,41). The maximum absolute atomic E-state index is 13.8. The van der Waals surface area contributed by atoms with Gasteiger partial charge in [-0.15, -0.1) is 0 Å². The number of carbonyl (C=O) groups is 3. The van der Waals surface area contributed by atoms with Gasteiger partial charge in [-0.25, -0.2) is 14.3 Å². The molecule has 1 aliphatic heterocycles. The quantitative estimate of drug-likeness (QED) is 0.435. The third-order valence-corrected chi connectivity index (χ3v) is 11.9. The predicted octanol–water partition coefficient (Wildman–Crippen LogP) is 4.66. The van der Waals surface area contributed by atoms with Gasteiger partial charge in [0.05, 0.1) is 19.3 Å². The van der Waals surface area contributed by atoms with Gasteiger partial charge in [0.1, 0.15) is 11.2 Å². The molecule has 6 aliphatic rings. The van der Waals surface area contributed by atoms with E-state index in [2.05, 4.69) is 15.7 Å². The third kappa shape index (κ3) is 6.00. The van der Waals surface area contributed by atoms with E-state index in [9.17, 15) is 14.4 Å². The van der Waals surface area contributed by atoms with Gasteiger partial charge < -0.3 is 29.9 Å². The van der Waals surface area contributed by atoms with Crippen molar-refractivity contribution in [1.82, 2.24) is 30.2 Å². The molecule has 248 valence electrons. The van der Waals surface area contributed by atoms with Crippen molar-refractivity contribution in [1.29, 1.82) is 0 Å². The fourth-order valence-corrected chi connectivity index (χ4v) is 9.92. The summed E-state index contributed by atoms with van der Waals surface area (Å²) < 4.78 is 13.6. The average Bonchev–Trinajstić information content (AvgIpc) is 3.55. The molecule has 5 aliphatic carbocycles. The minimum Gasteiger partial charge on any atom is -0.477 e. The first kappa shape index (κ1) is 30.7. The Morgan fingerprint density at radius 3 is 2.51 bits per heavy atom. The number of hydrogen-bond acceptors (Lipinski definition) is 6. The Bertz CT molecular complexity index is 1280. The SMILES string of the molecule is CC(C)(C)OC(=O)N1CCN(C(=O)NCCn2ncc(C(=O)NC3C4CC5CC6CC3C6(C5)C4)c2OCC2CCCCC2)CC1. The molecule has 1 aromatic rings. The van der Waals surface area contributed by atoms with Crippen LogP contribution in [0.5, 0.6) is 5.88 Å². The molecule has 0 aromatic carbocycles. The van der Waals surface area contributed by atoms with E-state index in [1.54, 1.807) is 20.7 Å². The van der Waals surface area contributed by atoms with Crippen LogP contribution in [0.25, 0.3) is 0 Å². The first-order chi connectivity index (χ1) is 21.6. The summed E-state index contributed by atoms with van der Waals surface area (Å²) in [7, 11) is 0. The molecule has 7 rings (SSSR count). The summed E-state index contributed by atoms with van der Waals surface area (Å²) >= 11 is 0. The molecular weight excluding hydrogens is 572 g/mol. The number of urea groups is 1. The van der Waals surface area contributed by atoms with Crippen molar-refractivity contribution in [2.75, 3.05) is 39.3 Å². The van der Waals surface area contributed by atoms with Crippen LogP contribution in [0.15, 0.2) is 6.20 Å². The summed E-state index contributed by atoms with van der Waals surface area (Å²) in [6, 6.07) is 0.0946. The van der Waals surface area contributed by atoms with Gasteiger partial charge in [-0.2, -0.15) is 5.10 Å². The number of nitrogens with one attached hydrogen (secondary N) is 2. The maximum Gasteiger partial charge on any atom is 0.410 e. The molecular formula is C34H52N6O5. The van der Waals surface area contributed by atoms with Gasteiger partial charge in [0.2, 0.25) is 5.88 Å². The molecule has 1 spiro atoms. The van der Waals surface area contributed by atoms with E-state index in [-0.39, 0.29) is 24.1 Å². The number of fused-ring (bicyclic) bond motifs is 2. The number of nitrogens with zero attached hydrogens (tertiary/aromatic N) is 4. The van der Waals surface area contributed by atoms with Crippen molar-refractivity contribution < 1.29 is 23.9 Å². The van der Waals surface area contributed by atoms with E-state index >= 15 is 0 Å². The summed E-state index contributed by atoms with van der Waals surface area (Å²) in [6.07, 6.45) is 14.0. The second-order valence-corrected chi connectivity index (χ2v) is 15.9. The second kappa shape index (κ2) is 12.0. The Labute approximate surface area is 267 Å². The molecule has 11 heteroatoms. The van der Waals surface area contributed by atoms with E-state index in [1.807, 2.05) is 20.8 Å². The number of piperazine rings is 1. The normalized spacial score (nSPS) is 32.2. The first-order valence-electron chi connectivity index (χ1n) is 17.6. The molecule has 0 radical (unpaired) electrons. The molecule has 2 N–H and O–H groups in total. The Balaban J connectivity index is 0.957. The summed E-state index contributed by atoms with van der Waals surface area (Å²) in [4.78, 5) is 42.5. The van der Waals surface area contributed by atoms with E-state index in [4.69, 9.17) is 9.47 Å². The fourth-order valence-electron chi connectivity index (χ4n) is 9.92. The number of rotatable bonds is 8. The topological polar surface area (TPSA) is 118 Å². The first-order valence-corrected chi connectivity index (χ1v) is 17.6. The molecule has 1 aromatic heterocycles. The van der Waals surface area contributed by atoms with Crippen LogP contribution in [0, 0.1) is 35.0 Å². The zero-order chi connectivity index (χ0) is 31.3. The molecule has 45 heavy (non-hydrogen) atoms. The fraction of sp³-hybridized carbons (Fsp3) is 0.824. The highest BCUT2D eigenvalue weighted by Gasteiger charge is 2.70. The highest BCUT2D eigenvalue weighted by Crippen LogP contribution is 2.75. The minimum atomic E-state index is -0.549. The lowest BCUT2D eigenvalue weighted by Gasteiger charge is -2.50. The van der Waals surface area contributed by atoms with Crippen molar-refractivity contribution in [3.05, 3.63) is 11.8 Å². The van der Waals surface area contributed by atoms with Crippen LogP contribution in [-0.4, -0.2) is 88.6 Å². The van der Waals surface area contributed by atoms with Crippen LogP contribution in [0.3, 0.4) is 0 Å². The zero-order valence-corrected chi connectivity index (χ0v) is 27.4. The summed E-state index contributed by atoms with van der Waals surface area (Å²) in [6.45, 7) is 8.64. The van der Waals surface area contributed by atoms with Crippen molar-refractivity contribution in [3.63, 3.8) is 0 Å². The number of aromatic nitrogens is 2. The highest BCUT2D eigenvalue weighted by atomic mass is 16.6. The summed E-state index contributed by atoms with van der Waals surface area (Å²) in [5.74, 6) is 3.93. The lowest BCUT2D eigenvalue weighted by Crippen LogP contribution is -2.54. The van der Waals surface area contributed by atoms with Crippen LogP contribution in [0.2, 0.25) is 0 Å². The monoisotopic (exact) mass is 624 g/mol. The molecule has 3 bridgehead atoms. The van der Waals surface area contributed by atoms with Gasteiger partial charge in [-0.1, -0.05) is 19.3 Å². The Hall–Kier alpha value is -2.98. The highest BCUT2D eigenvalue weighted by molar-refractivity contribution is 5.96. The second-order valence-electron chi connectivity index (χ2n) is 15.9. The Kier molecular flexibility index (Phi) is 8.17. The molecule has 1 saturated heterocycles. The van der Waals surface area contributed by atoms with E-state index in [0.717, 1.165) is 24.7 Å². The number of hydrogen-bond donors (Lipinski definition) is 2. The van der Waals surface area contributed by atoms with Gasteiger partial charge in [0.25, 0.3) is 5.91 Å². The van der Waals surface area contributed by atoms with Crippen LogP contribution >= 0.6 is 0 Å². The van der Waals surface area contributed by atoms with Crippen LogP contribution in [0.4, 0.5) is 9.59 Å². The summed E-state index contributed by atoms with van der Waals surface area (Å²) in [5, 5.41) is 11.1. The lowest BCUT2D eigenvalue weighted by molar-refractivity contribution is -0.00895. The summed E-state index contributed by atoms with van der Waals surface area (Å²) in [5.41, 5.74) is 0.471. The van der Waals surface area contributed by atoms with E-state index in [0.29, 0.717) is 80.5 Å².